The number of hydrogen-bond acceptors (Lipinski definition) is 5. The Morgan fingerprint density at radius 2 is 1.81 bits per heavy atom. The summed E-state index contributed by atoms with van der Waals surface area (Å²) in [6.07, 6.45) is -5.02. The zero-order valence-electron chi connectivity index (χ0n) is 16.0. The van der Waals surface area contributed by atoms with Crippen molar-refractivity contribution in [1.82, 2.24) is 14.9 Å². The van der Waals surface area contributed by atoms with Crippen molar-refractivity contribution in [3.05, 3.63) is 22.8 Å². The predicted molar refractivity (Wildman–Crippen MR) is 82.7 cm³/mol. The Labute approximate surface area is 173 Å². The molecule has 1 aliphatic heterocycles. The Hall–Kier alpha value is -0.900. The van der Waals surface area contributed by atoms with E-state index >= 15 is 0 Å². The van der Waals surface area contributed by atoms with Crippen LogP contribution in [0.25, 0.3) is 0 Å². The van der Waals surface area contributed by atoms with Gasteiger partial charge in [-0.15, -0.1) is 6.61 Å². The molecule has 1 amide bonds. The van der Waals surface area contributed by atoms with E-state index in [9.17, 15) is 18.0 Å². The summed E-state index contributed by atoms with van der Waals surface area (Å²) in [6.45, 7) is 8.32. The first kappa shape index (κ1) is 25.1. The fraction of sp³-hybridized carbons (Fsp3) is 0.688. The summed E-state index contributed by atoms with van der Waals surface area (Å²) in [5.74, 6) is 0.0390. The molecule has 10 heteroatoms. The second kappa shape index (κ2) is 9.87. The molecule has 0 radical (unpaired) electrons. The molecule has 1 aromatic heterocycles. The zero-order chi connectivity index (χ0) is 19.4. The summed E-state index contributed by atoms with van der Waals surface area (Å²) in [6, 6.07) is 0. The van der Waals surface area contributed by atoms with Crippen molar-refractivity contribution >= 4 is 6.09 Å². The largest absolute Gasteiger partial charge is 1.00 e. The van der Waals surface area contributed by atoms with Gasteiger partial charge in [-0.05, 0) is 34.1 Å². The SMILES string of the molecule is CC[O-].Cc1nc2c(c(C(F)(F)F)n1)CCN(C(=O)OC(C)(C)C)C2.[Na+]. The Morgan fingerprint density at radius 1 is 1.27 bits per heavy atom. The van der Waals surface area contributed by atoms with Gasteiger partial charge in [-0.25, -0.2) is 14.8 Å². The first-order chi connectivity index (χ1) is 11.4. The number of amides is 1. The molecule has 0 saturated heterocycles. The first-order valence-corrected chi connectivity index (χ1v) is 7.88. The van der Waals surface area contributed by atoms with Gasteiger partial charge >= 0.3 is 41.8 Å². The molecule has 0 spiro atoms. The standard InChI is InChI=1S/C14H18F3N3O2.C2H5O.Na/c1-8-18-10-7-20(12(21)22-13(2,3)4)6-5-9(10)11(19-8)14(15,16)17;1-2-3;/h5-7H2,1-4H3;2H2,1H3;/q;-1;+1. The van der Waals surface area contributed by atoms with Crippen LogP contribution in [-0.2, 0) is 23.9 Å². The van der Waals surface area contributed by atoms with Crippen LogP contribution in [0.3, 0.4) is 0 Å². The van der Waals surface area contributed by atoms with Gasteiger partial charge in [0.15, 0.2) is 5.69 Å². The molecule has 0 aliphatic carbocycles. The van der Waals surface area contributed by atoms with E-state index < -0.39 is 23.6 Å². The average Bonchev–Trinajstić information content (AvgIpc) is 2.43. The molecule has 0 N–H and O–H groups in total. The minimum absolute atomic E-state index is 0. The van der Waals surface area contributed by atoms with Gasteiger partial charge in [0.2, 0.25) is 0 Å². The van der Waals surface area contributed by atoms with Crippen molar-refractivity contribution in [2.75, 3.05) is 13.2 Å². The van der Waals surface area contributed by atoms with Crippen LogP contribution < -0.4 is 34.7 Å². The van der Waals surface area contributed by atoms with Crippen LogP contribution in [0.1, 0.15) is 50.5 Å². The summed E-state index contributed by atoms with van der Waals surface area (Å²) in [4.78, 5) is 21.0. The van der Waals surface area contributed by atoms with E-state index in [2.05, 4.69) is 9.97 Å². The normalized spacial score (nSPS) is 13.8. The number of hydrogen-bond donors (Lipinski definition) is 0. The summed E-state index contributed by atoms with van der Waals surface area (Å²) in [5.41, 5.74) is -1.26. The van der Waals surface area contributed by atoms with Gasteiger partial charge in [0.05, 0.1) is 12.2 Å². The number of carbonyl (C=O) groups excluding carboxylic acids is 1. The van der Waals surface area contributed by atoms with Crippen LogP contribution >= 0.6 is 0 Å². The molecular formula is C16H23F3N3NaO3. The van der Waals surface area contributed by atoms with E-state index in [1.54, 1.807) is 27.7 Å². The molecule has 142 valence electrons. The van der Waals surface area contributed by atoms with Gasteiger partial charge in [-0.3, -0.25) is 0 Å². The maximum atomic E-state index is 13.0. The van der Waals surface area contributed by atoms with Crippen LogP contribution in [-0.4, -0.2) is 39.7 Å². The Kier molecular flexibility index (Phi) is 9.53. The molecule has 0 saturated carbocycles. The van der Waals surface area contributed by atoms with E-state index in [4.69, 9.17) is 9.84 Å². The Morgan fingerprint density at radius 3 is 2.27 bits per heavy atom. The van der Waals surface area contributed by atoms with Gasteiger partial charge in [-0.1, -0.05) is 6.92 Å². The minimum atomic E-state index is -4.52. The second-order valence-corrected chi connectivity index (χ2v) is 6.48. The number of alkyl halides is 3. The molecule has 2 rings (SSSR count). The molecule has 0 atom stereocenters. The van der Waals surface area contributed by atoms with Crippen molar-refractivity contribution in [1.29, 1.82) is 0 Å². The smallest absolute Gasteiger partial charge is 0.855 e. The van der Waals surface area contributed by atoms with Crippen LogP contribution in [0.4, 0.5) is 18.0 Å². The molecule has 1 aliphatic rings. The van der Waals surface area contributed by atoms with Crippen molar-refractivity contribution in [3.63, 3.8) is 0 Å². The van der Waals surface area contributed by atoms with Gasteiger partial charge < -0.3 is 14.7 Å². The summed E-state index contributed by atoms with van der Waals surface area (Å²) >= 11 is 0. The fourth-order valence-electron chi connectivity index (χ4n) is 2.27. The Balaban J connectivity index is 0.00000146. The van der Waals surface area contributed by atoms with E-state index in [1.165, 1.54) is 11.8 Å². The van der Waals surface area contributed by atoms with Crippen molar-refractivity contribution in [3.8, 4) is 0 Å². The van der Waals surface area contributed by atoms with Gasteiger partial charge in [-0.2, -0.15) is 13.2 Å². The topological polar surface area (TPSA) is 78.4 Å². The quantitative estimate of drug-likeness (QED) is 0.561. The van der Waals surface area contributed by atoms with Gasteiger partial charge in [0.1, 0.15) is 11.4 Å². The number of ether oxygens (including phenoxy) is 1. The van der Waals surface area contributed by atoms with Crippen LogP contribution in [0.15, 0.2) is 0 Å². The van der Waals surface area contributed by atoms with Crippen LogP contribution in [0.5, 0.6) is 0 Å². The average molecular weight is 385 g/mol. The molecule has 0 aromatic carbocycles. The second-order valence-electron chi connectivity index (χ2n) is 6.48. The zero-order valence-corrected chi connectivity index (χ0v) is 18.0. The first-order valence-electron chi connectivity index (χ1n) is 7.88. The van der Waals surface area contributed by atoms with Gasteiger partial charge in [0.25, 0.3) is 0 Å². The Bertz CT molecular complexity index is 619. The summed E-state index contributed by atoms with van der Waals surface area (Å²) in [5, 5.41) is 8.93. The fourth-order valence-corrected chi connectivity index (χ4v) is 2.27. The summed E-state index contributed by atoms with van der Waals surface area (Å²) in [7, 11) is 0. The maximum absolute atomic E-state index is 13.0. The van der Waals surface area contributed by atoms with Crippen molar-refractivity contribution < 1.29 is 57.4 Å². The molecule has 6 nitrogen and oxygen atoms in total. The number of fused-ring (bicyclic) bond motifs is 1. The molecule has 0 bridgehead atoms. The monoisotopic (exact) mass is 385 g/mol. The number of halogens is 3. The number of aryl methyl sites for hydroxylation is 1. The van der Waals surface area contributed by atoms with Gasteiger partial charge in [0, 0.05) is 12.1 Å². The van der Waals surface area contributed by atoms with Crippen molar-refractivity contribution in [2.24, 2.45) is 0 Å². The third kappa shape index (κ3) is 7.38. The van der Waals surface area contributed by atoms with Crippen LogP contribution in [0.2, 0.25) is 0 Å². The molecule has 0 unspecified atom stereocenters. The van der Waals surface area contributed by atoms with E-state index in [0.29, 0.717) is 0 Å². The third-order valence-electron chi connectivity index (χ3n) is 3.10. The van der Waals surface area contributed by atoms with Crippen LogP contribution in [0, 0.1) is 6.92 Å². The van der Waals surface area contributed by atoms with E-state index in [0.717, 1.165) is 0 Å². The number of aromatic nitrogens is 2. The molecule has 0 fully saturated rings. The molecular weight excluding hydrogens is 362 g/mol. The van der Waals surface area contributed by atoms with E-state index in [1.807, 2.05) is 0 Å². The summed E-state index contributed by atoms with van der Waals surface area (Å²) < 4.78 is 44.4. The number of rotatable bonds is 0. The molecule has 26 heavy (non-hydrogen) atoms. The number of nitrogens with zero attached hydrogens (tertiary/aromatic N) is 3. The third-order valence-corrected chi connectivity index (χ3v) is 3.10. The predicted octanol–water partition coefficient (Wildman–Crippen LogP) is -0.532. The minimum Gasteiger partial charge on any atom is -0.855 e. The van der Waals surface area contributed by atoms with Crippen molar-refractivity contribution in [2.45, 2.75) is 59.4 Å². The number of carbonyl (C=O) groups is 1. The molecule has 1 aromatic rings. The molecule has 2 heterocycles. The van der Waals surface area contributed by atoms with E-state index in [-0.39, 0.29) is 72.8 Å². The maximum Gasteiger partial charge on any atom is 1.00 e.